The van der Waals surface area contributed by atoms with E-state index in [2.05, 4.69) is 25.9 Å². The molecule has 392 valence electrons. The monoisotopic (exact) mass is 1050 g/mol. The van der Waals surface area contributed by atoms with E-state index in [4.69, 9.17) is 43.1 Å². The quantitative estimate of drug-likeness (QED) is 0.0433. The van der Waals surface area contributed by atoms with Crippen LogP contribution in [0.15, 0.2) is 122 Å². The molecule has 3 amide bonds. The van der Waals surface area contributed by atoms with Gasteiger partial charge in [0, 0.05) is 60.0 Å². The Balaban J connectivity index is 0.000000233. The molecule has 0 bridgehead atoms. The number of rotatable bonds is 15. The van der Waals surface area contributed by atoms with Gasteiger partial charge in [-0.25, -0.2) is 4.79 Å². The van der Waals surface area contributed by atoms with Gasteiger partial charge in [-0.15, -0.1) is 23.2 Å². The van der Waals surface area contributed by atoms with E-state index < -0.39 is 23.5 Å². The average Bonchev–Trinajstić information content (AvgIpc) is 3.41. The van der Waals surface area contributed by atoms with E-state index in [1.807, 2.05) is 97.1 Å². The Bertz CT molecular complexity index is 2780. The predicted molar refractivity (Wildman–Crippen MR) is 292 cm³/mol. The first-order chi connectivity index (χ1) is 35.7. The van der Waals surface area contributed by atoms with Crippen LogP contribution in [0.2, 0.25) is 0 Å². The number of nitrogens with two attached hydrogens (primary N) is 1. The maximum atomic E-state index is 13.4. The molecule has 14 nitrogen and oxygen atoms in total. The highest BCUT2D eigenvalue weighted by molar-refractivity contribution is 6.40. The van der Waals surface area contributed by atoms with Crippen LogP contribution in [0.3, 0.4) is 0 Å². The Morgan fingerprint density at radius 3 is 1.43 bits per heavy atom. The fourth-order valence-corrected chi connectivity index (χ4v) is 8.95. The summed E-state index contributed by atoms with van der Waals surface area (Å²) in [5.41, 5.74) is 9.93. The Morgan fingerprint density at radius 2 is 1.01 bits per heavy atom. The van der Waals surface area contributed by atoms with E-state index in [-0.39, 0.29) is 67.2 Å². The van der Waals surface area contributed by atoms with Gasteiger partial charge in [-0.3, -0.25) is 29.1 Å². The smallest absolute Gasteiger partial charge is 0.407 e. The summed E-state index contributed by atoms with van der Waals surface area (Å²) < 4.78 is 16.4. The van der Waals surface area contributed by atoms with Crippen molar-refractivity contribution in [1.82, 2.24) is 15.3 Å². The standard InChI is InChI=1S/C31H37N3O5.C26H29N3O3.CH2Cl2/c1-31(2,3)39-30(37)33-19-27(28(35)34-26-14-13-25-18-32-16-15-24(25)17-26)22-11-9-21(10-12-22)20-38-29(36)23-7-5-4-6-8-23;27-15-24(25(30)29-23-11-10-22-16-28-13-12-21(22)14-23)19-8-6-18(7-9-19)17-32-26(31)20-4-2-1-3-5-20;2-1-3/h9-18,23,27H,4-8,19-20H2,1-3H3,(H,33,37)(H,34,35);6-14,16,20,24H,1-5,15,17,27H2,(H,29,30);1H2. The maximum Gasteiger partial charge on any atom is 0.407 e. The van der Waals surface area contributed by atoms with Crippen LogP contribution in [0.5, 0.6) is 0 Å². The van der Waals surface area contributed by atoms with Gasteiger partial charge in [0.15, 0.2) is 0 Å². The van der Waals surface area contributed by atoms with E-state index in [0.29, 0.717) is 5.69 Å². The third kappa shape index (κ3) is 17.8. The Kier molecular flexibility index (Phi) is 22.0. The SMILES string of the molecule is CC(C)(C)OC(=O)NCC(C(=O)Nc1ccc2cnccc2c1)c1ccc(COC(=O)C2CCCCC2)cc1.ClCCl.NCC(C(=O)Nc1ccc2cnccc2c1)c1ccc(COC(=O)C2CCCCC2)cc1. The number of aromatic nitrogens is 2. The summed E-state index contributed by atoms with van der Waals surface area (Å²) in [5, 5.41) is 12.8. The highest BCUT2D eigenvalue weighted by Crippen LogP contribution is 2.28. The zero-order chi connectivity index (χ0) is 52.9. The zero-order valence-corrected chi connectivity index (χ0v) is 44.0. The summed E-state index contributed by atoms with van der Waals surface area (Å²) in [4.78, 5) is 71.5. The average molecular weight is 1050 g/mol. The number of hydrogen-bond donors (Lipinski definition) is 4. The predicted octanol–water partition coefficient (Wildman–Crippen LogP) is 12.1. The first kappa shape index (κ1) is 56.7. The van der Waals surface area contributed by atoms with Crippen LogP contribution >= 0.6 is 23.2 Å². The van der Waals surface area contributed by atoms with Crippen LogP contribution in [-0.2, 0) is 46.6 Å². The molecule has 0 spiro atoms. The third-order valence-electron chi connectivity index (χ3n) is 12.9. The summed E-state index contributed by atoms with van der Waals surface area (Å²) in [5.74, 6) is -1.76. The number of halogens is 2. The normalized spacial score (nSPS) is 14.7. The maximum absolute atomic E-state index is 13.4. The van der Waals surface area contributed by atoms with Crippen molar-refractivity contribution in [3.63, 3.8) is 0 Å². The first-order valence-corrected chi connectivity index (χ1v) is 26.4. The molecular formula is C58H68Cl2N6O8. The molecule has 6 aromatic rings. The van der Waals surface area contributed by atoms with Crippen molar-refractivity contribution in [2.75, 3.05) is 29.1 Å². The van der Waals surface area contributed by atoms with Crippen LogP contribution in [0.1, 0.15) is 119 Å². The van der Waals surface area contributed by atoms with Gasteiger partial charge < -0.3 is 35.9 Å². The number of nitrogens with zero attached hydrogens (tertiary/aromatic N) is 2. The molecule has 2 fully saturated rings. The van der Waals surface area contributed by atoms with Crippen molar-refractivity contribution < 1.29 is 38.2 Å². The van der Waals surface area contributed by atoms with Gasteiger partial charge >= 0.3 is 18.0 Å². The molecule has 2 atom stereocenters. The largest absolute Gasteiger partial charge is 0.461 e. The van der Waals surface area contributed by atoms with E-state index in [0.717, 1.165) is 101 Å². The van der Waals surface area contributed by atoms with Crippen LogP contribution in [0, 0.1) is 11.8 Å². The molecule has 2 aliphatic carbocycles. The fourth-order valence-electron chi connectivity index (χ4n) is 8.95. The van der Waals surface area contributed by atoms with Gasteiger partial charge in [-0.2, -0.15) is 0 Å². The molecule has 5 N–H and O–H groups in total. The van der Waals surface area contributed by atoms with Crippen LogP contribution in [-0.4, -0.2) is 63.8 Å². The van der Waals surface area contributed by atoms with E-state index in [1.54, 1.807) is 45.6 Å². The molecule has 0 radical (unpaired) electrons. The summed E-state index contributed by atoms with van der Waals surface area (Å²) in [6.07, 6.45) is 16.8. The van der Waals surface area contributed by atoms with Crippen molar-refractivity contribution in [3.05, 3.63) is 144 Å². The lowest BCUT2D eigenvalue weighted by molar-refractivity contribution is -0.151. The molecule has 2 heterocycles. The number of esters is 2. The van der Waals surface area contributed by atoms with Crippen molar-refractivity contribution in [3.8, 4) is 0 Å². The number of anilines is 2. The number of carbonyl (C=O) groups excluding carboxylic acids is 5. The Labute approximate surface area is 443 Å². The third-order valence-corrected chi connectivity index (χ3v) is 12.9. The van der Waals surface area contributed by atoms with E-state index >= 15 is 0 Å². The van der Waals surface area contributed by atoms with E-state index in [9.17, 15) is 24.0 Å². The lowest BCUT2D eigenvalue weighted by Gasteiger charge is -2.22. The van der Waals surface area contributed by atoms with Gasteiger partial charge in [-0.1, -0.05) is 99.2 Å². The van der Waals surface area contributed by atoms with Crippen molar-refractivity contribution in [1.29, 1.82) is 0 Å². The van der Waals surface area contributed by atoms with E-state index in [1.165, 1.54) is 12.8 Å². The number of nitrogens with one attached hydrogen (secondary N) is 3. The van der Waals surface area contributed by atoms with Crippen molar-refractivity contribution in [2.45, 2.75) is 116 Å². The molecule has 0 aliphatic heterocycles. The summed E-state index contributed by atoms with van der Waals surface area (Å²) in [7, 11) is 0. The summed E-state index contributed by atoms with van der Waals surface area (Å²) in [6.45, 7) is 6.03. The number of carbonyl (C=O) groups is 5. The summed E-state index contributed by atoms with van der Waals surface area (Å²) in [6, 6.07) is 30.0. The van der Waals surface area contributed by atoms with Gasteiger partial charge in [0.05, 0.1) is 29.0 Å². The number of amides is 3. The topological polar surface area (TPSA) is 201 Å². The molecule has 16 heteroatoms. The minimum Gasteiger partial charge on any atom is -0.461 e. The second-order valence-corrected chi connectivity index (χ2v) is 20.4. The molecule has 2 aliphatic rings. The van der Waals surface area contributed by atoms with Crippen LogP contribution < -0.4 is 21.7 Å². The molecule has 2 aromatic heterocycles. The zero-order valence-electron chi connectivity index (χ0n) is 42.5. The molecule has 4 aromatic carbocycles. The highest BCUT2D eigenvalue weighted by atomic mass is 35.5. The molecule has 74 heavy (non-hydrogen) atoms. The molecular weight excluding hydrogens is 980 g/mol. The number of ether oxygens (including phenoxy) is 3. The molecule has 8 rings (SSSR count). The molecule has 0 saturated heterocycles. The number of alkyl carbamates (subject to hydrolysis) is 1. The van der Waals surface area contributed by atoms with Gasteiger partial charge in [0.2, 0.25) is 11.8 Å². The van der Waals surface area contributed by atoms with Gasteiger partial charge in [0.1, 0.15) is 18.8 Å². The van der Waals surface area contributed by atoms with Crippen LogP contribution in [0.25, 0.3) is 21.5 Å². The minimum absolute atomic E-state index is 0.00334. The number of hydrogen-bond acceptors (Lipinski definition) is 11. The van der Waals surface area contributed by atoms with Crippen LogP contribution in [0.4, 0.5) is 16.2 Å². The molecule has 2 saturated carbocycles. The Morgan fingerprint density at radius 1 is 0.595 bits per heavy atom. The van der Waals surface area contributed by atoms with Crippen molar-refractivity contribution >= 4 is 86.0 Å². The number of benzene rings is 4. The number of alkyl halides is 2. The molecule has 2 unspecified atom stereocenters. The minimum atomic E-state index is -0.676. The Hall–Kier alpha value is -6.61. The second kappa shape index (κ2) is 28.7. The lowest BCUT2D eigenvalue weighted by atomic mass is 9.89. The van der Waals surface area contributed by atoms with Crippen molar-refractivity contribution in [2.24, 2.45) is 17.6 Å². The summed E-state index contributed by atoms with van der Waals surface area (Å²) >= 11 is 9.53. The first-order valence-electron chi connectivity index (χ1n) is 25.3. The van der Waals surface area contributed by atoms with Gasteiger partial charge in [-0.05, 0) is 116 Å². The highest BCUT2D eigenvalue weighted by Gasteiger charge is 2.26. The second-order valence-electron chi connectivity index (χ2n) is 19.5. The van der Waals surface area contributed by atoms with Gasteiger partial charge in [0.25, 0.3) is 0 Å². The lowest BCUT2D eigenvalue weighted by Crippen LogP contribution is -2.37. The fraction of sp³-hybridized carbons (Fsp3) is 0.397. The number of pyridine rings is 2. The number of fused-ring (bicyclic) bond motifs is 2.